The largest absolute Gasteiger partial charge is 0.497 e. The van der Waals surface area contributed by atoms with Crippen LogP contribution in [0.15, 0.2) is 18.2 Å². The number of benzene rings is 1. The van der Waals surface area contributed by atoms with Crippen molar-refractivity contribution in [1.29, 1.82) is 0 Å². The lowest BCUT2D eigenvalue weighted by Crippen LogP contribution is -2.24. The van der Waals surface area contributed by atoms with Crippen LogP contribution in [0.5, 0.6) is 11.5 Å². The fourth-order valence-corrected chi connectivity index (χ4v) is 1.10. The number of anilines is 1. The van der Waals surface area contributed by atoms with E-state index in [1.54, 1.807) is 32.4 Å². The van der Waals surface area contributed by atoms with E-state index in [1.165, 1.54) is 7.11 Å². The Morgan fingerprint density at radius 2 is 2.00 bits per heavy atom. The SMILES string of the molecule is CNC(=O)Nc1cc(OC)ccc1OC. The van der Waals surface area contributed by atoms with Gasteiger partial charge in [0.25, 0.3) is 0 Å². The van der Waals surface area contributed by atoms with Gasteiger partial charge in [0.05, 0.1) is 19.9 Å². The van der Waals surface area contributed by atoms with E-state index in [4.69, 9.17) is 9.47 Å². The van der Waals surface area contributed by atoms with Crippen molar-refractivity contribution in [2.45, 2.75) is 0 Å². The average Bonchev–Trinajstić information content (AvgIpc) is 2.28. The smallest absolute Gasteiger partial charge is 0.319 e. The topological polar surface area (TPSA) is 59.6 Å². The summed E-state index contributed by atoms with van der Waals surface area (Å²) >= 11 is 0. The van der Waals surface area contributed by atoms with Gasteiger partial charge in [-0.25, -0.2) is 4.79 Å². The normalized spacial score (nSPS) is 9.27. The van der Waals surface area contributed by atoms with E-state index in [0.717, 1.165) is 0 Å². The zero-order chi connectivity index (χ0) is 11.3. The van der Waals surface area contributed by atoms with Crippen LogP contribution in [0.1, 0.15) is 0 Å². The predicted octanol–water partition coefficient (Wildman–Crippen LogP) is 1.46. The molecule has 0 aromatic heterocycles. The summed E-state index contributed by atoms with van der Waals surface area (Å²) in [5.74, 6) is 1.24. The van der Waals surface area contributed by atoms with E-state index in [-0.39, 0.29) is 6.03 Å². The van der Waals surface area contributed by atoms with E-state index in [2.05, 4.69) is 10.6 Å². The highest BCUT2D eigenvalue weighted by Gasteiger charge is 2.07. The molecule has 0 aliphatic heterocycles. The maximum Gasteiger partial charge on any atom is 0.319 e. The fraction of sp³-hybridized carbons (Fsp3) is 0.300. The second-order valence-corrected chi connectivity index (χ2v) is 2.77. The second-order valence-electron chi connectivity index (χ2n) is 2.77. The van der Waals surface area contributed by atoms with Gasteiger partial charge in [-0.3, -0.25) is 0 Å². The van der Waals surface area contributed by atoms with Crippen LogP contribution >= 0.6 is 0 Å². The Morgan fingerprint density at radius 3 is 2.53 bits per heavy atom. The Labute approximate surface area is 88.4 Å². The van der Waals surface area contributed by atoms with Crippen molar-refractivity contribution in [3.05, 3.63) is 18.2 Å². The van der Waals surface area contributed by atoms with Gasteiger partial charge in [0, 0.05) is 13.1 Å². The summed E-state index contributed by atoms with van der Waals surface area (Å²) in [6.07, 6.45) is 0. The molecule has 0 unspecified atom stereocenters. The van der Waals surface area contributed by atoms with E-state index in [9.17, 15) is 4.79 Å². The minimum absolute atomic E-state index is 0.304. The molecule has 0 spiro atoms. The summed E-state index contributed by atoms with van der Waals surface area (Å²) in [6.45, 7) is 0. The average molecular weight is 210 g/mol. The molecule has 0 bridgehead atoms. The molecule has 1 aromatic carbocycles. The Bertz CT molecular complexity index is 353. The van der Waals surface area contributed by atoms with Crippen molar-refractivity contribution in [2.24, 2.45) is 0 Å². The maximum atomic E-state index is 11.1. The molecule has 0 heterocycles. The Kier molecular flexibility index (Phi) is 3.79. The van der Waals surface area contributed by atoms with E-state index < -0.39 is 0 Å². The zero-order valence-corrected chi connectivity index (χ0v) is 8.96. The van der Waals surface area contributed by atoms with Crippen LogP contribution in [-0.4, -0.2) is 27.3 Å². The molecule has 5 nitrogen and oxygen atoms in total. The lowest BCUT2D eigenvalue weighted by Gasteiger charge is -2.11. The number of hydrogen-bond acceptors (Lipinski definition) is 3. The number of carbonyl (C=O) groups is 1. The first-order valence-corrected chi connectivity index (χ1v) is 4.42. The monoisotopic (exact) mass is 210 g/mol. The van der Waals surface area contributed by atoms with Gasteiger partial charge in [0.2, 0.25) is 0 Å². The summed E-state index contributed by atoms with van der Waals surface area (Å²) in [4.78, 5) is 11.1. The molecule has 15 heavy (non-hydrogen) atoms. The van der Waals surface area contributed by atoms with Gasteiger partial charge in [-0.15, -0.1) is 0 Å². The number of rotatable bonds is 3. The van der Waals surface area contributed by atoms with Crippen LogP contribution in [0, 0.1) is 0 Å². The van der Waals surface area contributed by atoms with Gasteiger partial charge in [-0.2, -0.15) is 0 Å². The standard InChI is InChI=1S/C10H14N2O3/c1-11-10(13)12-8-6-7(14-2)4-5-9(8)15-3/h4-6H,1-3H3,(H2,11,12,13). The number of amides is 2. The summed E-state index contributed by atoms with van der Waals surface area (Å²) in [5, 5.41) is 5.09. The summed E-state index contributed by atoms with van der Waals surface area (Å²) < 4.78 is 10.1. The minimum Gasteiger partial charge on any atom is -0.497 e. The van der Waals surface area contributed by atoms with Crippen LogP contribution in [0.2, 0.25) is 0 Å². The zero-order valence-electron chi connectivity index (χ0n) is 8.96. The third-order valence-corrected chi connectivity index (χ3v) is 1.88. The van der Waals surface area contributed by atoms with Crippen molar-refractivity contribution < 1.29 is 14.3 Å². The first-order chi connectivity index (χ1) is 7.21. The highest BCUT2D eigenvalue weighted by atomic mass is 16.5. The Balaban J connectivity index is 2.95. The molecule has 82 valence electrons. The number of nitrogens with one attached hydrogen (secondary N) is 2. The molecule has 1 rings (SSSR count). The van der Waals surface area contributed by atoms with Crippen molar-refractivity contribution in [3.8, 4) is 11.5 Å². The number of ether oxygens (including phenoxy) is 2. The summed E-state index contributed by atoms with van der Waals surface area (Å²) in [6, 6.07) is 4.87. The van der Waals surface area contributed by atoms with Crippen molar-refractivity contribution in [2.75, 3.05) is 26.6 Å². The lowest BCUT2D eigenvalue weighted by molar-refractivity contribution is 0.254. The van der Waals surface area contributed by atoms with Crippen LogP contribution in [0.3, 0.4) is 0 Å². The Hall–Kier alpha value is -1.91. The van der Waals surface area contributed by atoms with Gasteiger partial charge in [0.1, 0.15) is 11.5 Å². The molecule has 0 fully saturated rings. The number of urea groups is 1. The van der Waals surface area contributed by atoms with E-state index in [1.807, 2.05) is 0 Å². The van der Waals surface area contributed by atoms with E-state index in [0.29, 0.717) is 17.2 Å². The second kappa shape index (κ2) is 5.09. The number of carbonyl (C=O) groups excluding carboxylic acids is 1. The molecule has 0 atom stereocenters. The molecular weight excluding hydrogens is 196 g/mol. The number of hydrogen-bond donors (Lipinski definition) is 2. The molecule has 2 amide bonds. The molecule has 5 heteroatoms. The van der Waals surface area contributed by atoms with Crippen molar-refractivity contribution >= 4 is 11.7 Å². The predicted molar refractivity (Wildman–Crippen MR) is 57.6 cm³/mol. The van der Waals surface area contributed by atoms with Gasteiger partial charge >= 0.3 is 6.03 Å². The quantitative estimate of drug-likeness (QED) is 0.793. The third kappa shape index (κ3) is 2.77. The lowest BCUT2D eigenvalue weighted by atomic mass is 10.2. The molecule has 0 radical (unpaired) electrons. The van der Waals surface area contributed by atoms with Gasteiger partial charge in [-0.05, 0) is 12.1 Å². The number of methoxy groups -OCH3 is 2. The van der Waals surface area contributed by atoms with Gasteiger partial charge < -0.3 is 20.1 Å². The Morgan fingerprint density at radius 1 is 1.27 bits per heavy atom. The first kappa shape index (κ1) is 11.2. The highest BCUT2D eigenvalue weighted by Crippen LogP contribution is 2.28. The fourth-order valence-electron chi connectivity index (χ4n) is 1.10. The molecule has 0 aliphatic rings. The van der Waals surface area contributed by atoms with Gasteiger partial charge in [-0.1, -0.05) is 0 Å². The molecule has 0 aliphatic carbocycles. The van der Waals surface area contributed by atoms with E-state index >= 15 is 0 Å². The minimum atomic E-state index is -0.304. The molecule has 2 N–H and O–H groups in total. The van der Waals surface area contributed by atoms with Gasteiger partial charge in [0.15, 0.2) is 0 Å². The molecule has 1 aromatic rings. The van der Waals surface area contributed by atoms with Crippen molar-refractivity contribution in [3.63, 3.8) is 0 Å². The molecule has 0 saturated carbocycles. The first-order valence-electron chi connectivity index (χ1n) is 4.42. The van der Waals surface area contributed by atoms with Crippen LogP contribution in [-0.2, 0) is 0 Å². The van der Waals surface area contributed by atoms with Crippen LogP contribution < -0.4 is 20.1 Å². The molecule has 0 saturated heterocycles. The van der Waals surface area contributed by atoms with Crippen LogP contribution in [0.25, 0.3) is 0 Å². The van der Waals surface area contributed by atoms with Crippen LogP contribution in [0.4, 0.5) is 10.5 Å². The van der Waals surface area contributed by atoms with Crippen molar-refractivity contribution in [1.82, 2.24) is 5.32 Å². The summed E-state index contributed by atoms with van der Waals surface area (Å²) in [5.41, 5.74) is 0.566. The maximum absolute atomic E-state index is 11.1. The third-order valence-electron chi connectivity index (χ3n) is 1.88. The molecular formula is C10H14N2O3. The highest BCUT2D eigenvalue weighted by molar-refractivity contribution is 5.91. The summed E-state index contributed by atoms with van der Waals surface area (Å²) in [7, 11) is 4.64.